The number of benzene rings is 3. The summed E-state index contributed by atoms with van der Waals surface area (Å²) >= 11 is 2.55. The highest BCUT2D eigenvalue weighted by atomic mass is 32.2. The summed E-state index contributed by atoms with van der Waals surface area (Å²) in [5.41, 5.74) is 2.14. The number of fused-ring (bicyclic) bond motifs is 5. The minimum Gasteiger partial charge on any atom is -0.426 e. The highest BCUT2D eigenvalue weighted by molar-refractivity contribution is 7.99. The van der Waals surface area contributed by atoms with Gasteiger partial charge in [0.25, 0.3) is 5.69 Å². The van der Waals surface area contributed by atoms with Gasteiger partial charge in [-0.05, 0) is 23.8 Å². The maximum atomic E-state index is 13.3. The van der Waals surface area contributed by atoms with Crippen LogP contribution in [0, 0.1) is 16.0 Å². The summed E-state index contributed by atoms with van der Waals surface area (Å²) in [6, 6.07) is 23.3. The molecule has 6 rings (SSSR count). The van der Waals surface area contributed by atoms with Gasteiger partial charge in [0.15, 0.2) is 0 Å². The molecule has 1 aromatic heterocycles. The van der Waals surface area contributed by atoms with Crippen molar-refractivity contribution in [3.63, 3.8) is 0 Å². The number of aromatic nitrogens is 1. The van der Waals surface area contributed by atoms with Crippen molar-refractivity contribution in [3.8, 4) is 11.4 Å². The molecule has 168 valence electrons. The molecule has 0 aliphatic carbocycles. The van der Waals surface area contributed by atoms with Crippen LogP contribution in [-0.4, -0.2) is 15.5 Å². The lowest BCUT2D eigenvalue weighted by Gasteiger charge is -2.39. The number of ether oxygens (including phenoxy) is 1. The second-order valence-electron chi connectivity index (χ2n) is 8.06. The summed E-state index contributed by atoms with van der Waals surface area (Å²) in [4.78, 5) is 38.2. The Labute approximate surface area is 201 Å². The SMILES string of the molecule is O=C1Oc2ccc([N+](=O)[O-])cc2C2c3sc(=O)n(-c4ccccc4)c3SC(c3ccccc3)C12. The van der Waals surface area contributed by atoms with E-state index in [0.717, 1.165) is 32.5 Å². The normalized spacial score (nSPS) is 20.6. The zero-order chi connectivity index (χ0) is 23.4. The summed E-state index contributed by atoms with van der Waals surface area (Å²) in [6.45, 7) is 0. The molecule has 2 aliphatic rings. The van der Waals surface area contributed by atoms with Crippen molar-refractivity contribution >= 4 is 34.8 Å². The Morgan fingerprint density at radius 1 is 0.941 bits per heavy atom. The Bertz CT molecular complexity index is 1500. The molecule has 3 atom stereocenters. The number of thiazole rings is 1. The van der Waals surface area contributed by atoms with E-state index in [1.54, 1.807) is 4.57 Å². The van der Waals surface area contributed by atoms with Crippen LogP contribution in [0.3, 0.4) is 0 Å². The van der Waals surface area contributed by atoms with Crippen LogP contribution in [0.4, 0.5) is 5.69 Å². The van der Waals surface area contributed by atoms with Crippen molar-refractivity contribution in [2.45, 2.75) is 16.2 Å². The van der Waals surface area contributed by atoms with Gasteiger partial charge in [-0.2, -0.15) is 0 Å². The van der Waals surface area contributed by atoms with Crippen molar-refractivity contribution in [2.24, 2.45) is 5.92 Å². The number of nitro groups is 1. The topological polar surface area (TPSA) is 91.4 Å². The third-order valence-corrected chi connectivity index (χ3v) is 8.76. The van der Waals surface area contributed by atoms with E-state index in [9.17, 15) is 19.7 Å². The van der Waals surface area contributed by atoms with Crippen LogP contribution in [0.5, 0.6) is 5.75 Å². The first-order valence-corrected chi connectivity index (χ1v) is 12.3. The van der Waals surface area contributed by atoms with Crippen LogP contribution in [0.2, 0.25) is 0 Å². The van der Waals surface area contributed by atoms with Gasteiger partial charge < -0.3 is 4.74 Å². The second-order valence-corrected chi connectivity index (χ2v) is 10.2. The first-order chi connectivity index (χ1) is 16.5. The summed E-state index contributed by atoms with van der Waals surface area (Å²) in [7, 11) is 0. The highest BCUT2D eigenvalue weighted by Gasteiger charge is 2.50. The first kappa shape index (κ1) is 20.9. The molecule has 0 bridgehead atoms. The molecular weight excluding hydrogens is 472 g/mol. The molecule has 0 saturated heterocycles. The van der Waals surface area contributed by atoms with Gasteiger partial charge in [-0.1, -0.05) is 71.6 Å². The Hall–Kier alpha value is -3.69. The Kier molecular flexibility index (Phi) is 4.89. The van der Waals surface area contributed by atoms with Gasteiger partial charge >= 0.3 is 10.8 Å². The van der Waals surface area contributed by atoms with Gasteiger partial charge in [0.1, 0.15) is 5.75 Å². The average Bonchev–Trinajstić information content (AvgIpc) is 3.19. The molecule has 3 aromatic carbocycles. The first-order valence-electron chi connectivity index (χ1n) is 10.6. The second kappa shape index (κ2) is 7.96. The van der Waals surface area contributed by atoms with E-state index in [4.69, 9.17) is 4.74 Å². The average molecular weight is 489 g/mol. The molecule has 7 nitrogen and oxygen atoms in total. The number of nitrogens with zero attached hydrogens (tertiary/aromatic N) is 2. The molecule has 3 unspecified atom stereocenters. The number of hydrogen-bond acceptors (Lipinski definition) is 7. The zero-order valence-corrected chi connectivity index (χ0v) is 19.1. The summed E-state index contributed by atoms with van der Waals surface area (Å²) in [5.74, 6) is -1.25. The van der Waals surface area contributed by atoms with E-state index >= 15 is 0 Å². The molecule has 34 heavy (non-hydrogen) atoms. The molecule has 0 fully saturated rings. The van der Waals surface area contributed by atoms with Crippen molar-refractivity contribution in [2.75, 3.05) is 0 Å². The van der Waals surface area contributed by atoms with Crippen LogP contribution in [0.15, 0.2) is 88.7 Å². The lowest BCUT2D eigenvalue weighted by Crippen LogP contribution is -2.37. The number of carbonyl (C=O) groups is 1. The third kappa shape index (κ3) is 3.19. The van der Waals surface area contributed by atoms with Crippen molar-refractivity contribution in [1.82, 2.24) is 4.57 Å². The van der Waals surface area contributed by atoms with E-state index in [1.807, 2.05) is 60.7 Å². The smallest absolute Gasteiger partial charge is 0.316 e. The van der Waals surface area contributed by atoms with E-state index in [1.165, 1.54) is 30.0 Å². The van der Waals surface area contributed by atoms with Crippen LogP contribution in [0.1, 0.15) is 27.2 Å². The molecule has 0 N–H and O–H groups in total. The van der Waals surface area contributed by atoms with E-state index in [2.05, 4.69) is 0 Å². The Balaban J connectivity index is 1.63. The van der Waals surface area contributed by atoms with E-state index < -0.39 is 22.7 Å². The highest BCUT2D eigenvalue weighted by Crippen LogP contribution is 2.59. The van der Waals surface area contributed by atoms with Gasteiger partial charge in [-0.15, -0.1) is 0 Å². The Morgan fingerprint density at radius 2 is 1.65 bits per heavy atom. The molecule has 0 amide bonds. The number of nitro benzene ring substituents is 1. The molecule has 3 heterocycles. The summed E-state index contributed by atoms with van der Waals surface area (Å²) in [6.07, 6.45) is 0. The van der Waals surface area contributed by atoms with Crippen LogP contribution in [-0.2, 0) is 4.79 Å². The van der Waals surface area contributed by atoms with Gasteiger partial charge in [0.05, 0.1) is 26.8 Å². The minimum absolute atomic E-state index is 0.0821. The number of rotatable bonds is 3. The number of non-ortho nitro benzene ring substituents is 1. The number of thioether (sulfide) groups is 1. The van der Waals surface area contributed by atoms with Crippen molar-refractivity contribution < 1.29 is 14.5 Å². The molecule has 2 aliphatic heterocycles. The third-order valence-electron chi connectivity index (χ3n) is 6.16. The van der Waals surface area contributed by atoms with Crippen LogP contribution >= 0.6 is 23.1 Å². The molecule has 0 spiro atoms. The summed E-state index contributed by atoms with van der Waals surface area (Å²) < 4.78 is 7.34. The number of hydrogen-bond donors (Lipinski definition) is 0. The molecule has 4 aromatic rings. The van der Waals surface area contributed by atoms with E-state index in [-0.39, 0.29) is 15.8 Å². The molecule has 0 radical (unpaired) electrons. The maximum absolute atomic E-state index is 13.3. The van der Waals surface area contributed by atoms with Crippen molar-refractivity contribution in [3.05, 3.63) is 115 Å². The zero-order valence-electron chi connectivity index (χ0n) is 17.5. The van der Waals surface area contributed by atoms with E-state index in [0.29, 0.717) is 11.3 Å². The van der Waals surface area contributed by atoms with Gasteiger partial charge in [0, 0.05) is 28.5 Å². The quantitative estimate of drug-likeness (QED) is 0.168. The number of para-hydroxylation sites is 1. The lowest BCUT2D eigenvalue weighted by molar-refractivity contribution is -0.385. The predicted octanol–water partition coefficient (Wildman–Crippen LogP) is 5.32. The summed E-state index contributed by atoms with van der Waals surface area (Å²) in [5, 5.41) is 12.0. The number of esters is 1. The standard InChI is InChI=1S/C25H16N2O5S2/c28-24-20-19(17-13-16(27(30)31)11-12-18(17)32-24)22-23(33-21(20)14-7-3-1-4-8-14)26(25(29)34-22)15-9-5-2-6-10-15/h1-13,19-21H. The lowest BCUT2D eigenvalue weighted by atomic mass is 9.78. The predicted molar refractivity (Wildman–Crippen MR) is 129 cm³/mol. The molecule has 9 heteroatoms. The fourth-order valence-electron chi connectivity index (χ4n) is 4.69. The molecule has 0 saturated carbocycles. The monoisotopic (exact) mass is 488 g/mol. The maximum Gasteiger partial charge on any atom is 0.316 e. The van der Waals surface area contributed by atoms with Gasteiger partial charge in [-0.25, -0.2) is 0 Å². The molecular formula is C25H16N2O5S2. The fourth-order valence-corrected chi connectivity index (χ4v) is 7.56. The van der Waals surface area contributed by atoms with Crippen LogP contribution < -0.4 is 9.61 Å². The Morgan fingerprint density at radius 3 is 2.35 bits per heavy atom. The minimum atomic E-state index is -0.628. The number of carbonyl (C=O) groups excluding carboxylic acids is 1. The largest absolute Gasteiger partial charge is 0.426 e. The van der Waals surface area contributed by atoms with Gasteiger partial charge in [0.2, 0.25) is 0 Å². The van der Waals surface area contributed by atoms with Gasteiger partial charge in [-0.3, -0.25) is 24.3 Å². The fraction of sp³-hybridized carbons (Fsp3) is 0.120. The van der Waals surface area contributed by atoms with Crippen LogP contribution in [0.25, 0.3) is 5.69 Å². The van der Waals surface area contributed by atoms with Crippen molar-refractivity contribution in [1.29, 1.82) is 0 Å².